The lowest BCUT2D eigenvalue weighted by molar-refractivity contribution is -0.137. The number of allylic oxidation sites excluding steroid dienone is 3. The van der Waals surface area contributed by atoms with Gasteiger partial charge in [-0.15, -0.1) is 0 Å². The van der Waals surface area contributed by atoms with Gasteiger partial charge in [-0.3, -0.25) is 4.79 Å². The molecule has 1 N–H and O–H groups in total. The highest BCUT2D eigenvalue weighted by atomic mass is 19.4. The quantitative estimate of drug-likeness (QED) is 0.315. The van der Waals surface area contributed by atoms with Crippen molar-refractivity contribution in [2.75, 3.05) is 42.5 Å². The van der Waals surface area contributed by atoms with Crippen molar-refractivity contribution in [2.45, 2.75) is 39.8 Å². The van der Waals surface area contributed by atoms with Crippen molar-refractivity contribution in [1.29, 1.82) is 0 Å². The summed E-state index contributed by atoms with van der Waals surface area (Å²) in [5.41, 5.74) is 3.73. The van der Waals surface area contributed by atoms with Gasteiger partial charge in [0.25, 0.3) is 5.91 Å². The normalized spacial score (nSPS) is 14.5. The van der Waals surface area contributed by atoms with E-state index < -0.39 is 11.7 Å². The molecule has 0 aliphatic carbocycles. The van der Waals surface area contributed by atoms with Crippen LogP contribution in [0.25, 0.3) is 10.9 Å². The molecular weight excluding hydrogens is 501 g/mol. The molecule has 0 radical (unpaired) electrons. The molecule has 0 bridgehead atoms. The molecule has 2 aromatic carbocycles. The van der Waals surface area contributed by atoms with Crippen molar-refractivity contribution in [3.63, 3.8) is 0 Å². The van der Waals surface area contributed by atoms with Crippen molar-refractivity contribution in [1.82, 2.24) is 10.3 Å². The number of anilines is 2. The first kappa shape index (κ1) is 28.2. The molecule has 0 unspecified atom stereocenters. The molecule has 39 heavy (non-hydrogen) atoms. The fourth-order valence-electron chi connectivity index (χ4n) is 4.69. The molecule has 0 saturated carbocycles. The van der Waals surface area contributed by atoms with E-state index in [0.29, 0.717) is 49.8 Å². The van der Waals surface area contributed by atoms with Crippen LogP contribution < -0.4 is 15.1 Å². The molecule has 1 aliphatic heterocycles. The minimum absolute atomic E-state index is 0.161. The maximum atomic E-state index is 13.2. The van der Waals surface area contributed by atoms with Crippen LogP contribution in [0.1, 0.15) is 49.5 Å². The summed E-state index contributed by atoms with van der Waals surface area (Å²) in [5.74, 6) is 0.529. The van der Waals surface area contributed by atoms with Crippen LogP contribution in [-0.2, 0) is 6.18 Å². The number of pyridine rings is 1. The minimum atomic E-state index is -4.37. The monoisotopic (exact) mass is 536 g/mol. The van der Waals surface area contributed by atoms with Crippen LogP contribution in [0.2, 0.25) is 0 Å². The van der Waals surface area contributed by atoms with Gasteiger partial charge in [-0.2, -0.15) is 13.2 Å². The van der Waals surface area contributed by atoms with Gasteiger partial charge in [0.1, 0.15) is 5.82 Å². The summed E-state index contributed by atoms with van der Waals surface area (Å²) in [4.78, 5) is 22.1. The summed E-state index contributed by atoms with van der Waals surface area (Å²) in [5, 5.41) is 3.80. The molecule has 8 heteroatoms. The van der Waals surface area contributed by atoms with E-state index in [1.54, 1.807) is 6.07 Å². The van der Waals surface area contributed by atoms with Crippen LogP contribution in [0.3, 0.4) is 0 Å². The number of benzene rings is 2. The van der Waals surface area contributed by atoms with Gasteiger partial charge in [-0.25, -0.2) is 4.98 Å². The van der Waals surface area contributed by atoms with Crippen LogP contribution in [0.4, 0.5) is 24.7 Å². The van der Waals surface area contributed by atoms with E-state index in [4.69, 9.17) is 4.98 Å². The van der Waals surface area contributed by atoms with E-state index in [1.165, 1.54) is 23.3 Å². The third-order valence-corrected chi connectivity index (χ3v) is 6.89. The van der Waals surface area contributed by atoms with Crippen molar-refractivity contribution < 1.29 is 18.0 Å². The number of piperazine rings is 1. The third kappa shape index (κ3) is 7.40. The lowest BCUT2D eigenvalue weighted by Gasteiger charge is -2.37. The number of nitrogens with zero attached hydrogens (tertiary/aromatic N) is 3. The summed E-state index contributed by atoms with van der Waals surface area (Å²) in [6, 6.07) is 14.8. The van der Waals surface area contributed by atoms with Crippen molar-refractivity contribution in [3.05, 3.63) is 89.0 Å². The zero-order valence-corrected chi connectivity index (χ0v) is 22.7. The molecule has 4 rings (SSSR count). The van der Waals surface area contributed by atoms with Gasteiger partial charge in [-0.05, 0) is 63.9 Å². The maximum Gasteiger partial charge on any atom is 0.416 e. The van der Waals surface area contributed by atoms with Gasteiger partial charge in [0, 0.05) is 43.8 Å². The number of alkyl halides is 3. The highest BCUT2D eigenvalue weighted by Crippen LogP contribution is 2.32. The summed E-state index contributed by atoms with van der Waals surface area (Å²) in [7, 11) is 0. The molecule has 2 heterocycles. The summed E-state index contributed by atoms with van der Waals surface area (Å²) >= 11 is 0. The molecule has 0 spiro atoms. The first-order valence-electron chi connectivity index (χ1n) is 13.3. The predicted octanol–water partition coefficient (Wildman–Crippen LogP) is 7.00. The van der Waals surface area contributed by atoms with Gasteiger partial charge in [0.15, 0.2) is 0 Å². The number of halogens is 3. The summed E-state index contributed by atoms with van der Waals surface area (Å²) < 4.78 is 39.5. The lowest BCUT2D eigenvalue weighted by atomic mass is 10.1. The second kappa shape index (κ2) is 12.4. The maximum absolute atomic E-state index is 13.2. The number of rotatable bonds is 8. The second-order valence-electron chi connectivity index (χ2n) is 10.1. The first-order valence-corrected chi connectivity index (χ1v) is 13.3. The Hall–Kier alpha value is -3.81. The average Bonchev–Trinajstić information content (AvgIpc) is 2.92. The Morgan fingerprint density at radius 2 is 1.67 bits per heavy atom. The van der Waals surface area contributed by atoms with Gasteiger partial charge >= 0.3 is 6.18 Å². The lowest BCUT2D eigenvalue weighted by Crippen LogP contribution is -2.47. The molecule has 1 fully saturated rings. The molecule has 1 aromatic heterocycles. The molecule has 5 nitrogen and oxygen atoms in total. The highest BCUT2D eigenvalue weighted by molar-refractivity contribution is 6.07. The van der Waals surface area contributed by atoms with E-state index in [-0.39, 0.29) is 5.91 Å². The van der Waals surface area contributed by atoms with E-state index in [0.717, 1.165) is 29.8 Å². The van der Waals surface area contributed by atoms with E-state index >= 15 is 0 Å². The number of carbonyl (C=O) groups is 1. The van der Waals surface area contributed by atoms with E-state index in [1.807, 2.05) is 41.3 Å². The number of aromatic nitrogens is 1. The summed E-state index contributed by atoms with van der Waals surface area (Å²) in [6.45, 7) is 8.95. The zero-order valence-electron chi connectivity index (χ0n) is 22.7. The van der Waals surface area contributed by atoms with E-state index in [9.17, 15) is 18.0 Å². The first-order chi connectivity index (χ1) is 18.6. The Morgan fingerprint density at radius 1 is 0.949 bits per heavy atom. The standard InChI is InChI=1S/C31H35F3N4O/c1-22(2)8-6-9-23(3)14-15-35-30(39)27-21-29(36-28-13-5-4-12-26(27)28)38-18-16-37(17-19-38)25-11-7-10-24(20-25)31(32,33)34/h4-5,7-8,10-14,20-21H,6,9,15-19H2,1-3H3,(H,35,39)/b23-14+. The number of carbonyl (C=O) groups excluding carboxylic acids is 1. The Labute approximate surface area is 228 Å². The Morgan fingerprint density at radius 3 is 2.38 bits per heavy atom. The fourth-order valence-corrected chi connectivity index (χ4v) is 4.69. The predicted molar refractivity (Wildman–Crippen MR) is 152 cm³/mol. The van der Waals surface area contributed by atoms with Crippen LogP contribution in [0.5, 0.6) is 0 Å². The molecule has 1 saturated heterocycles. The minimum Gasteiger partial charge on any atom is -0.368 e. The molecule has 0 atom stereocenters. The number of hydrogen-bond donors (Lipinski definition) is 1. The number of fused-ring (bicyclic) bond motifs is 1. The summed E-state index contributed by atoms with van der Waals surface area (Å²) in [6.07, 6.45) is 1.83. The SMILES string of the molecule is CC(C)=CCC/C(C)=C/CNC(=O)c1cc(N2CCN(c3cccc(C(F)(F)F)c3)CC2)nc2ccccc12. The van der Waals surface area contributed by atoms with Gasteiger partial charge in [0.05, 0.1) is 16.6 Å². The van der Waals surface area contributed by atoms with Crippen LogP contribution in [-0.4, -0.2) is 43.6 Å². The van der Waals surface area contributed by atoms with Crippen LogP contribution in [0, 0.1) is 0 Å². The Kier molecular flexibility index (Phi) is 8.94. The second-order valence-corrected chi connectivity index (χ2v) is 10.1. The highest BCUT2D eigenvalue weighted by Gasteiger charge is 2.31. The largest absolute Gasteiger partial charge is 0.416 e. The van der Waals surface area contributed by atoms with Crippen molar-refractivity contribution >= 4 is 28.3 Å². The van der Waals surface area contributed by atoms with Crippen LogP contribution in [0.15, 0.2) is 77.9 Å². The Balaban J connectivity index is 1.46. The van der Waals surface area contributed by atoms with Crippen LogP contribution >= 0.6 is 0 Å². The van der Waals surface area contributed by atoms with Gasteiger partial charge in [-0.1, -0.05) is 47.6 Å². The fraction of sp³-hybridized carbons (Fsp3) is 0.355. The number of nitrogens with one attached hydrogen (secondary N) is 1. The average molecular weight is 537 g/mol. The molecule has 1 amide bonds. The molecule has 3 aromatic rings. The molecular formula is C31H35F3N4O. The zero-order chi connectivity index (χ0) is 28.0. The van der Waals surface area contributed by atoms with Gasteiger partial charge < -0.3 is 15.1 Å². The molecule has 1 aliphatic rings. The van der Waals surface area contributed by atoms with Gasteiger partial charge in [0.2, 0.25) is 0 Å². The number of amides is 1. The third-order valence-electron chi connectivity index (χ3n) is 6.89. The van der Waals surface area contributed by atoms with Crippen molar-refractivity contribution in [2.24, 2.45) is 0 Å². The van der Waals surface area contributed by atoms with Crippen molar-refractivity contribution in [3.8, 4) is 0 Å². The Bertz CT molecular complexity index is 1370. The topological polar surface area (TPSA) is 48.5 Å². The van der Waals surface area contributed by atoms with E-state index in [2.05, 4.69) is 37.1 Å². The number of para-hydroxylation sites is 1. The number of hydrogen-bond acceptors (Lipinski definition) is 4. The molecule has 206 valence electrons. The smallest absolute Gasteiger partial charge is 0.368 e.